The highest BCUT2D eigenvalue weighted by Gasteiger charge is 2.18. The van der Waals surface area contributed by atoms with Crippen LogP contribution in [0.1, 0.15) is 24.0 Å². The lowest BCUT2D eigenvalue weighted by atomic mass is 9.90. The summed E-state index contributed by atoms with van der Waals surface area (Å²) in [6, 6.07) is 3.99. The summed E-state index contributed by atoms with van der Waals surface area (Å²) < 4.78 is 5.45. The topological polar surface area (TPSA) is 21.3 Å². The van der Waals surface area contributed by atoms with Crippen molar-refractivity contribution in [2.24, 2.45) is 5.92 Å². The van der Waals surface area contributed by atoms with Crippen LogP contribution in [0.5, 0.6) is 5.75 Å². The third-order valence-corrected chi connectivity index (χ3v) is 3.84. The Hall–Kier alpha value is -0.730. The van der Waals surface area contributed by atoms with Crippen LogP contribution < -0.4 is 10.1 Å². The first kappa shape index (κ1) is 12.7. The number of hydrogen-bond donors (Lipinski definition) is 1. The highest BCUT2D eigenvalue weighted by atomic mass is 35.5. The number of nitrogens with one attached hydrogen (secondary N) is 1. The monoisotopic (exact) mass is 253 g/mol. The zero-order chi connectivity index (χ0) is 12.3. The smallest absolute Gasteiger partial charge is 0.140 e. The van der Waals surface area contributed by atoms with Crippen molar-refractivity contribution in [3.05, 3.63) is 28.3 Å². The van der Waals surface area contributed by atoms with Gasteiger partial charge in [0.25, 0.3) is 0 Å². The maximum Gasteiger partial charge on any atom is 0.140 e. The van der Waals surface area contributed by atoms with Gasteiger partial charge in [-0.15, -0.1) is 0 Å². The van der Waals surface area contributed by atoms with Crippen molar-refractivity contribution in [2.75, 3.05) is 20.2 Å². The Kier molecular flexibility index (Phi) is 4.30. The fraction of sp³-hybridized carbons (Fsp3) is 0.571. The molecule has 1 fully saturated rings. The largest absolute Gasteiger partial charge is 0.495 e. The van der Waals surface area contributed by atoms with Crippen LogP contribution in [-0.4, -0.2) is 20.2 Å². The van der Waals surface area contributed by atoms with Crippen molar-refractivity contribution in [1.82, 2.24) is 5.32 Å². The van der Waals surface area contributed by atoms with Crippen molar-refractivity contribution in [1.29, 1.82) is 0 Å². The summed E-state index contributed by atoms with van der Waals surface area (Å²) in [6.07, 6.45) is 3.62. The van der Waals surface area contributed by atoms with Crippen molar-refractivity contribution in [2.45, 2.75) is 26.2 Å². The van der Waals surface area contributed by atoms with Gasteiger partial charge in [-0.25, -0.2) is 0 Å². The Labute approximate surface area is 108 Å². The molecule has 1 aliphatic heterocycles. The van der Waals surface area contributed by atoms with E-state index < -0.39 is 0 Å². The van der Waals surface area contributed by atoms with Gasteiger partial charge >= 0.3 is 0 Å². The molecule has 94 valence electrons. The van der Waals surface area contributed by atoms with E-state index in [9.17, 15) is 0 Å². The maximum absolute atomic E-state index is 6.18. The molecule has 1 N–H and O–H groups in total. The van der Waals surface area contributed by atoms with Gasteiger partial charge in [-0.3, -0.25) is 0 Å². The number of methoxy groups -OCH3 is 1. The molecule has 0 bridgehead atoms. The van der Waals surface area contributed by atoms with Gasteiger partial charge in [-0.05, 0) is 62.4 Å². The van der Waals surface area contributed by atoms with E-state index >= 15 is 0 Å². The molecule has 1 atom stereocenters. The molecule has 1 aromatic rings. The molecule has 1 heterocycles. The van der Waals surface area contributed by atoms with Crippen molar-refractivity contribution in [3.63, 3.8) is 0 Å². The number of rotatable bonds is 3. The molecule has 1 aromatic carbocycles. The van der Waals surface area contributed by atoms with Crippen LogP contribution in [0.25, 0.3) is 0 Å². The minimum Gasteiger partial charge on any atom is -0.495 e. The first-order valence-electron chi connectivity index (χ1n) is 6.25. The first-order valence-corrected chi connectivity index (χ1v) is 6.63. The molecule has 0 aliphatic carbocycles. The molecule has 0 amide bonds. The molecular weight excluding hydrogens is 234 g/mol. The Balaban J connectivity index is 2.21. The normalized spacial score (nSPS) is 20.3. The Morgan fingerprint density at radius 2 is 2.29 bits per heavy atom. The van der Waals surface area contributed by atoms with Crippen LogP contribution in [0, 0.1) is 12.8 Å². The van der Waals surface area contributed by atoms with E-state index in [0.717, 1.165) is 30.3 Å². The molecule has 3 heteroatoms. The lowest BCUT2D eigenvalue weighted by Gasteiger charge is -2.24. The van der Waals surface area contributed by atoms with Gasteiger partial charge in [0.2, 0.25) is 0 Å². The average molecular weight is 254 g/mol. The molecule has 1 aliphatic rings. The molecule has 1 saturated heterocycles. The number of halogens is 1. The van der Waals surface area contributed by atoms with Gasteiger partial charge in [0.1, 0.15) is 5.75 Å². The minimum atomic E-state index is 0.704. The zero-order valence-electron chi connectivity index (χ0n) is 10.6. The molecule has 17 heavy (non-hydrogen) atoms. The minimum absolute atomic E-state index is 0.704. The lowest BCUT2D eigenvalue weighted by Crippen LogP contribution is -2.31. The highest BCUT2D eigenvalue weighted by Crippen LogP contribution is 2.33. The second-order valence-corrected chi connectivity index (χ2v) is 5.20. The zero-order valence-corrected chi connectivity index (χ0v) is 11.3. The summed E-state index contributed by atoms with van der Waals surface area (Å²) in [4.78, 5) is 0. The van der Waals surface area contributed by atoms with Crippen LogP contribution in [-0.2, 0) is 6.42 Å². The van der Waals surface area contributed by atoms with E-state index in [0.29, 0.717) is 5.92 Å². The van der Waals surface area contributed by atoms with Gasteiger partial charge in [0.15, 0.2) is 0 Å². The third-order valence-electron chi connectivity index (χ3n) is 3.54. The quantitative estimate of drug-likeness (QED) is 0.893. The van der Waals surface area contributed by atoms with Crippen molar-refractivity contribution in [3.8, 4) is 5.75 Å². The molecule has 0 radical (unpaired) electrons. The van der Waals surface area contributed by atoms with Gasteiger partial charge in [0, 0.05) is 0 Å². The molecule has 0 saturated carbocycles. The molecule has 1 unspecified atom stereocenters. The summed E-state index contributed by atoms with van der Waals surface area (Å²) in [5, 5.41) is 4.17. The predicted molar refractivity (Wildman–Crippen MR) is 72.0 cm³/mol. The second kappa shape index (κ2) is 5.74. The number of benzene rings is 1. The van der Waals surface area contributed by atoms with Crippen molar-refractivity contribution < 1.29 is 4.74 Å². The first-order chi connectivity index (χ1) is 8.22. The molecule has 0 aromatic heterocycles. The van der Waals surface area contributed by atoms with Crippen LogP contribution in [0.4, 0.5) is 0 Å². The van der Waals surface area contributed by atoms with Gasteiger partial charge in [-0.2, -0.15) is 0 Å². The standard InChI is InChI=1S/C14H20ClNO/c1-10-5-6-13(15)14(17-2)12(10)8-11-4-3-7-16-9-11/h5-6,11,16H,3-4,7-9H2,1-2H3. The summed E-state index contributed by atoms with van der Waals surface area (Å²) >= 11 is 6.18. The molecule has 0 spiro atoms. The molecular formula is C14H20ClNO. The lowest BCUT2D eigenvalue weighted by molar-refractivity contribution is 0.363. The predicted octanol–water partition coefficient (Wildman–Crippen LogP) is 3.20. The Morgan fingerprint density at radius 3 is 2.94 bits per heavy atom. The SMILES string of the molecule is COc1c(Cl)ccc(C)c1CC1CCCNC1. The Bertz CT molecular complexity index is 386. The second-order valence-electron chi connectivity index (χ2n) is 4.79. The fourth-order valence-electron chi connectivity index (χ4n) is 2.56. The van der Waals surface area contributed by atoms with E-state index in [1.807, 2.05) is 6.07 Å². The summed E-state index contributed by atoms with van der Waals surface area (Å²) in [5.41, 5.74) is 2.55. The number of ether oxygens (including phenoxy) is 1. The molecule has 2 nitrogen and oxygen atoms in total. The summed E-state index contributed by atoms with van der Waals surface area (Å²) in [6.45, 7) is 4.39. The number of aryl methyl sites for hydroxylation is 1. The highest BCUT2D eigenvalue weighted by molar-refractivity contribution is 6.32. The van der Waals surface area contributed by atoms with E-state index in [1.54, 1.807) is 7.11 Å². The Morgan fingerprint density at radius 1 is 1.47 bits per heavy atom. The van der Waals surface area contributed by atoms with Crippen LogP contribution in [0.2, 0.25) is 5.02 Å². The van der Waals surface area contributed by atoms with Crippen LogP contribution in [0.3, 0.4) is 0 Å². The van der Waals surface area contributed by atoms with Crippen molar-refractivity contribution >= 4 is 11.6 Å². The maximum atomic E-state index is 6.18. The summed E-state index contributed by atoms with van der Waals surface area (Å²) in [7, 11) is 1.70. The number of piperidine rings is 1. The van der Waals surface area contributed by atoms with E-state index in [-0.39, 0.29) is 0 Å². The van der Waals surface area contributed by atoms with E-state index in [2.05, 4.69) is 18.3 Å². The van der Waals surface area contributed by atoms with Crippen LogP contribution in [0.15, 0.2) is 12.1 Å². The fourth-order valence-corrected chi connectivity index (χ4v) is 2.81. The van der Waals surface area contributed by atoms with Crippen LogP contribution >= 0.6 is 11.6 Å². The molecule has 2 rings (SSSR count). The summed E-state index contributed by atoms with van der Waals surface area (Å²) in [5.74, 6) is 1.56. The van der Waals surface area contributed by atoms with E-state index in [4.69, 9.17) is 16.3 Å². The average Bonchev–Trinajstić information content (AvgIpc) is 2.35. The number of hydrogen-bond acceptors (Lipinski definition) is 2. The van der Waals surface area contributed by atoms with Gasteiger partial charge < -0.3 is 10.1 Å². The van der Waals surface area contributed by atoms with E-state index in [1.165, 1.54) is 24.0 Å². The van der Waals surface area contributed by atoms with Gasteiger partial charge in [-0.1, -0.05) is 17.7 Å². The third kappa shape index (κ3) is 2.93. The van der Waals surface area contributed by atoms with Gasteiger partial charge in [0.05, 0.1) is 12.1 Å².